The minimum Gasteiger partial charge on any atom is -0.200 e. The van der Waals surface area contributed by atoms with E-state index in [-0.39, 0.29) is 25.7 Å². The minimum atomic E-state index is -8.33. The molecule has 0 heterocycles. The smallest absolute Gasteiger partial charge is 0.200 e. The first kappa shape index (κ1) is 36.9. The van der Waals surface area contributed by atoms with Crippen LogP contribution in [0.3, 0.4) is 0 Å². The topological polar surface area (TPSA) is 0 Å². The fourth-order valence-corrected chi connectivity index (χ4v) is 3.46. The van der Waals surface area contributed by atoms with Crippen molar-refractivity contribution in [1.29, 1.82) is 0 Å². The van der Waals surface area contributed by atoms with E-state index in [0.29, 0.717) is 12.8 Å². The molecular formula is C22H30F16. The normalized spacial score (nSPS) is 15.3. The Hall–Kier alpha value is -1.12. The van der Waals surface area contributed by atoms with E-state index in [0.717, 1.165) is 12.8 Å². The highest BCUT2D eigenvalue weighted by Gasteiger charge is 2.94. The van der Waals surface area contributed by atoms with Crippen molar-refractivity contribution in [2.75, 3.05) is 0 Å². The Balaban J connectivity index is 6.09. The summed E-state index contributed by atoms with van der Waals surface area (Å²) in [5, 5.41) is 0. The number of hydrogen-bond donors (Lipinski definition) is 0. The summed E-state index contributed by atoms with van der Waals surface area (Å²) >= 11 is 0. The van der Waals surface area contributed by atoms with E-state index >= 15 is 0 Å². The molecule has 0 N–H and O–H groups in total. The molecule has 38 heavy (non-hydrogen) atoms. The van der Waals surface area contributed by atoms with Crippen LogP contribution in [0.1, 0.15) is 90.9 Å². The lowest BCUT2D eigenvalue weighted by Crippen LogP contribution is -2.74. The average Bonchev–Trinajstić information content (AvgIpc) is 2.77. The van der Waals surface area contributed by atoms with Crippen LogP contribution in [0.25, 0.3) is 0 Å². The molecule has 0 aliphatic rings. The Kier molecular flexibility index (Phi) is 12.2. The van der Waals surface area contributed by atoms with E-state index in [1.54, 1.807) is 0 Å². The maximum Gasteiger partial charge on any atom is 0.384 e. The predicted octanol–water partition coefficient (Wildman–Crippen LogP) is 10.8. The lowest BCUT2D eigenvalue weighted by molar-refractivity contribution is -0.453. The average molecular weight is 598 g/mol. The molecule has 0 radical (unpaired) electrons. The van der Waals surface area contributed by atoms with Gasteiger partial charge in [-0.05, 0) is 12.8 Å². The molecule has 0 nitrogen and oxygen atoms in total. The van der Waals surface area contributed by atoms with Gasteiger partial charge in [0, 0.05) is 12.8 Å². The van der Waals surface area contributed by atoms with Crippen LogP contribution in [0.2, 0.25) is 0 Å². The SMILES string of the molecule is CCCCCCCCCC(F)(F)C(F)(F)C(F)(F)C(F)(F)C(F)(F)C(F)(F)C(F)(F)C(F)(F)CCCCC. The van der Waals surface area contributed by atoms with Gasteiger partial charge in [-0.1, -0.05) is 65.2 Å². The molecule has 0 spiro atoms. The molecule has 0 saturated carbocycles. The molecule has 0 atom stereocenters. The fraction of sp³-hybridized carbons (Fsp3) is 1.00. The van der Waals surface area contributed by atoms with Gasteiger partial charge in [0.15, 0.2) is 0 Å². The summed E-state index contributed by atoms with van der Waals surface area (Å²) < 4.78 is 222. The highest BCUT2D eigenvalue weighted by atomic mass is 19.4. The zero-order valence-electron chi connectivity index (χ0n) is 20.5. The Morgan fingerprint density at radius 3 is 0.816 bits per heavy atom. The molecule has 0 saturated heterocycles. The molecule has 0 aliphatic carbocycles. The van der Waals surface area contributed by atoms with Crippen molar-refractivity contribution in [3.8, 4) is 0 Å². The second-order valence-electron chi connectivity index (χ2n) is 9.18. The first-order chi connectivity index (χ1) is 16.9. The highest BCUT2D eigenvalue weighted by molar-refractivity contribution is 5.15. The van der Waals surface area contributed by atoms with Crippen LogP contribution < -0.4 is 0 Å². The summed E-state index contributed by atoms with van der Waals surface area (Å²) in [6.45, 7) is 3.13. The summed E-state index contributed by atoms with van der Waals surface area (Å²) in [5.74, 6) is -60.1. The summed E-state index contributed by atoms with van der Waals surface area (Å²) in [6.07, 6.45) is -4.59. The Bertz CT molecular complexity index is 714. The fourth-order valence-electron chi connectivity index (χ4n) is 3.46. The van der Waals surface area contributed by atoms with Crippen LogP contribution in [-0.2, 0) is 0 Å². The standard InChI is InChI=1S/C22H30F16/c1-3-5-7-8-9-10-12-14-16(25,26)18(29,30)20(33,34)22(37,38)21(35,36)19(31,32)17(27,28)15(23,24)13-11-6-4-2/h3-14H2,1-2H3. The van der Waals surface area contributed by atoms with Crippen molar-refractivity contribution in [1.82, 2.24) is 0 Å². The molecule has 0 aromatic carbocycles. The van der Waals surface area contributed by atoms with E-state index < -0.39 is 73.1 Å². The van der Waals surface area contributed by atoms with Crippen molar-refractivity contribution in [2.24, 2.45) is 0 Å². The lowest BCUT2D eigenvalue weighted by atomic mass is 9.86. The maximum atomic E-state index is 13.9. The molecule has 0 aromatic heterocycles. The Morgan fingerprint density at radius 2 is 0.500 bits per heavy atom. The molecule has 230 valence electrons. The van der Waals surface area contributed by atoms with E-state index in [2.05, 4.69) is 0 Å². The molecule has 16 heteroatoms. The van der Waals surface area contributed by atoms with Gasteiger partial charge in [-0.2, -0.15) is 70.2 Å². The third-order valence-electron chi connectivity index (χ3n) is 6.08. The van der Waals surface area contributed by atoms with Crippen molar-refractivity contribution >= 4 is 0 Å². The van der Waals surface area contributed by atoms with E-state index in [1.807, 2.05) is 6.92 Å². The molecule has 0 fully saturated rings. The molecule has 0 rings (SSSR count). The zero-order chi connectivity index (χ0) is 30.5. The number of halogens is 16. The van der Waals surface area contributed by atoms with Crippen LogP contribution in [0.15, 0.2) is 0 Å². The van der Waals surface area contributed by atoms with Gasteiger partial charge in [0.25, 0.3) is 0 Å². The minimum absolute atomic E-state index is 0.0145. The van der Waals surface area contributed by atoms with Crippen LogP contribution >= 0.6 is 0 Å². The molecule has 0 aliphatic heterocycles. The first-order valence-electron chi connectivity index (χ1n) is 11.9. The van der Waals surface area contributed by atoms with Crippen LogP contribution in [0.5, 0.6) is 0 Å². The van der Waals surface area contributed by atoms with Gasteiger partial charge < -0.3 is 0 Å². The molecule has 0 amide bonds. The van der Waals surface area contributed by atoms with Gasteiger partial charge in [0.1, 0.15) is 0 Å². The highest BCUT2D eigenvalue weighted by Crippen LogP contribution is 2.64. The molecular weight excluding hydrogens is 568 g/mol. The molecule has 0 bridgehead atoms. The lowest BCUT2D eigenvalue weighted by Gasteiger charge is -2.43. The van der Waals surface area contributed by atoms with Crippen molar-refractivity contribution in [3.05, 3.63) is 0 Å². The maximum absolute atomic E-state index is 13.9. The van der Waals surface area contributed by atoms with Crippen molar-refractivity contribution < 1.29 is 70.2 Å². The summed E-state index contributed by atoms with van der Waals surface area (Å²) in [4.78, 5) is 0. The van der Waals surface area contributed by atoms with E-state index in [9.17, 15) is 70.2 Å². The molecule has 0 aromatic rings. The number of unbranched alkanes of at least 4 members (excludes halogenated alkanes) is 8. The summed E-state index contributed by atoms with van der Waals surface area (Å²) in [5.41, 5.74) is 0. The van der Waals surface area contributed by atoms with E-state index in [4.69, 9.17) is 0 Å². The van der Waals surface area contributed by atoms with Crippen LogP contribution in [-0.4, -0.2) is 47.4 Å². The quantitative estimate of drug-likeness (QED) is 0.103. The predicted molar refractivity (Wildman–Crippen MR) is 106 cm³/mol. The number of hydrogen-bond acceptors (Lipinski definition) is 0. The number of rotatable bonds is 19. The van der Waals surface area contributed by atoms with Gasteiger partial charge in [-0.3, -0.25) is 0 Å². The monoisotopic (exact) mass is 598 g/mol. The van der Waals surface area contributed by atoms with E-state index in [1.165, 1.54) is 6.92 Å². The Morgan fingerprint density at radius 1 is 0.289 bits per heavy atom. The van der Waals surface area contributed by atoms with Crippen LogP contribution in [0, 0.1) is 0 Å². The largest absolute Gasteiger partial charge is 0.384 e. The third kappa shape index (κ3) is 6.60. The van der Waals surface area contributed by atoms with Gasteiger partial charge in [-0.15, -0.1) is 0 Å². The first-order valence-corrected chi connectivity index (χ1v) is 11.9. The second kappa shape index (κ2) is 12.6. The molecule has 0 unspecified atom stereocenters. The van der Waals surface area contributed by atoms with Crippen molar-refractivity contribution in [2.45, 2.75) is 138 Å². The summed E-state index contributed by atoms with van der Waals surface area (Å²) in [6, 6.07) is 0. The zero-order valence-corrected chi connectivity index (χ0v) is 20.5. The van der Waals surface area contributed by atoms with Gasteiger partial charge in [0.2, 0.25) is 0 Å². The van der Waals surface area contributed by atoms with Crippen LogP contribution in [0.4, 0.5) is 70.2 Å². The van der Waals surface area contributed by atoms with Gasteiger partial charge >= 0.3 is 47.4 Å². The third-order valence-corrected chi connectivity index (χ3v) is 6.08. The second-order valence-corrected chi connectivity index (χ2v) is 9.18. The summed E-state index contributed by atoms with van der Waals surface area (Å²) in [7, 11) is 0. The van der Waals surface area contributed by atoms with Gasteiger partial charge in [0.05, 0.1) is 0 Å². The Labute approximate surface area is 209 Å². The number of alkyl halides is 16. The van der Waals surface area contributed by atoms with Crippen molar-refractivity contribution in [3.63, 3.8) is 0 Å². The van der Waals surface area contributed by atoms with Gasteiger partial charge in [-0.25, -0.2) is 0 Å².